The van der Waals surface area contributed by atoms with E-state index in [1.807, 2.05) is 48.5 Å². The second-order valence-electron chi connectivity index (χ2n) is 9.53. The van der Waals surface area contributed by atoms with E-state index in [1.165, 1.54) is 17.6 Å². The van der Waals surface area contributed by atoms with Crippen molar-refractivity contribution in [3.63, 3.8) is 0 Å². The minimum absolute atomic E-state index is 0.0925. The van der Waals surface area contributed by atoms with Crippen LogP contribution in [0.4, 0.5) is 0 Å². The molecule has 1 aliphatic heterocycles. The van der Waals surface area contributed by atoms with Crippen molar-refractivity contribution < 1.29 is 13.2 Å². The van der Waals surface area contributed by atoms with E-state index in [0.29, 0.717) is 50.8 Å². The summed E-state index contributed by atoms with van der Waals surface area (Å²) in [5, 5.41) is 1.30. The summed E-state index contributed by atoms with van der Waals surface area (Å²) in [4.78, 5) is 16.0. The highest BCUT2D eigenvalue weighted by Crippen LogP contribution is 2.41. The molecule has 5 nitrogen and oxygen atoms in total. The number of carbonyl (C=O) groups excluding carboxylic acids is 1. The van der Waals surface area contributed by atoms with Crippen molar-refractivity contribution in [1.29, 1.82) is 0 Å². The van der Waals surface area contributed by atoms with Crippen molar-refractivity contribution in [2.75, 3.05) is 19.3 Å². The molecule has 2 N–H and O–H groups in total. The first-order valence-electron chi connectivity index (χ1n) is 11.5. The predicted molar refractivity (Wildman–Crippen MR) is 149 cm³/mol. The number of sulfone groups is 1. The Kier molecular flexibility index (Phi) is 7.98. The molecule has 0 atom stereocenters. The fraction of sp³-hybridized carbons (Fsp3) is 0.296. The molecule has 1 saturated heterocycles. The normalized spacial score (nSPS) is 14.4. The lowest BCUT2D eigenvalue weighted by Crippen LogP contribution is -2.44. The maximum Gasteiger partial charge on any atom is 0.249 e. The summed E-state index contributed by atoms with van der Waals surface area (Å²) >= 11 is 13.6. The van der Waals surface area contributed by atoms with Gasteiger partial charge < -0.3 is 5.73 Å². The van der Waals surface area contributed by atoms with Gasteiger partial charge in [0.15, 0.2) is 9.84 Å². The van der Waals surface area contributed by atoms with Gasteiger partial charge in [0.05, 0.1) is 16.5 Å². The molecular formula is C27H28Cl2N2O3S2. The number of benzene rings is 2. The lowest BCUT2D eigenvalue weighted by Gasteiger charge is -2.42. The van der Waals surface area contributed by atoms with Gasteiger partial charge in [-0.25, -0.2) is 8.42 Å². The molecule has 0 radical (unpaired) electrons. The summed E-state index contributed by atoms with van der Waals surface area (Å²) < 4.78 is 25.9. The largest absolute Gasteiger partial charge is 0.366 e. The molecule has 3 aromatic rings. The highest BCUT2D eigenvalue weighted by molar-refractivity contribution is 8.00. The van der Waals surface area contributed by atoms with Gasteiger partial charge in [-0.1, -0.05) is 61.3 Å². The summed E-state index contributed by atoms with van der Waals surface area (Å²) in [6.07, 6.45) is 1.89. The van der Waals surface area contributed by atoms with Gasteiger partial charge in [-0.05, 0) is 59.4 Å². The van der Waals surface area contributed by atoms with Crippen LogP contribution in [0.3, 0.4) is 0 Å². The summed E-state index contributed by atoms with van der Waals surface area (Å²) in [5.74, 6) is -0.227. The molecule has 9 heteroatoms. The van der Waals surface area contributed by atoms with E-state index in [9.17, 15) is 13.2 Å². The Morgan fingerprint density at radius 3 is 1.92 bits per heavy atom. The Hall–Kier alpha value is -2.16. The van der Waals surface area contributed by atoms with Gasteiger partial charge in [0, 0.05) is 39.1 Å². The van der Waals surface area contributed by atoms with Crippen LogP contribution < -0.4 is 5.73 Å². The molecule has 0 bridgehead atoms. The Balaban J connectivity index is 1.73. The van der Waals surface area contributed by atoms with Gasteiger partial charge >= 0.3 is 0 Å². The summed E-state index contributed by atoms with van der Waals surface area (Å²) in [5.41, 5.74) is 8.94. The van der Waals surface area contributed by atoms with E-state index in [4.69, 9.17) is 28.9 Å². The number of hydrogen-bond donors (Lipinski definition) is 1. The van der Waals surface area contributed by atoms with Gasteiger partial charge in [-0.15, -0.1) is 11.3 Å². The van der Waals surface area contributed by atoms with Gasteiger partial charge in [0.25, 0.3) is 0 Å². The first-order valence-corrected chi connectivity index (χ1v) is 15.0. The number of nitrogens with two attached hydrogens (primary N) is 1. The molecule has 2 heterocycles. The highest BCUT2D eigenvalue weighted by Gasteiger charge is 2.35. The Morgan fingerprint density at radius 1 is 1.00 bits per heavy atom. The van der Waals surface area contributed by atoms with E-state index in [1.54, 1.807) is 6.07 Å². The van der Waals surface area contributed by atoms with Crippen LogP contribution >= 0.6 is 34.5 Å². The van der Waals surface area contributed by atoms with Crippen LogP contribution in [0.1, 0.15) is 51.1 Å². The molecule has 0 aliphatic carbocycles. The number of carbonyl (C=O) groups is 1. The fourth-order valence-corrected chi connectivity index (χ4v) is 7.84. The van der Waals surface area contributed by atoms with Crippen molar-refractivity contribution in [2.45, 2.75) is 26.3 Å². The third-order valence-electron chi connectivity index (χ3n) is 6.11. The van der Waals surface area contributed by atoms with Crippen molar-refractivity contribution in [3.8, 4) is 0 Å². The maximum absolute atomic E-state index is 13.0. The monoisotopic (exact) mass is 562 g/mol. The first kappa shape index (κ1) is 26.9. The summed E-state index contributed by atoms with van der Waals surface area (Å²) in [7, 11) is -3.55. The zero-order valence-electron chi connectivity index (χ0n) is 20.3. The molecule has 1 fully saturated rings. The molecule has 4 rings (SSSR count). The minimum Gasteiger partial charge on any atom is -0.366 e. The molecule has 190 valence electrons. The number of hydrogen-bond acceptors (Lipinski definition) is 5. The average Bonchev–Trinajstić information content (AvgIpc) is 3.16. The van der Waals surface area contributed by atoms with Crippen molar-refractivity contribution in [1.82, 2.24) is 4.90 Å². The second kappa shape index (κ2) is 10.7. The van der Waals surface area contributed by atoms with E-state index in [0.717, 1.165) is 21.6 Å². The molecule has 0 unspecified atom stereocenters. The molecule has 1 aliphatic rings. The Morgan fingerprint density at radius 2 is 1.50 bits per heavy atom. The smallest absolute Gasteiger partial charge is 0.249 e. The van der Waals surface area contributed by atoms with Crippen LogP contribution in [0.25, 0.3) is 4.91 Å². The Labute approximate surface area is 226 Å². The van der Waals surface area contributed by atoms with Crippen LogP contribution in [0.15, 0.2) is 60.2 Å². The fourth-order valence-electron chi connectivity index (χ4n) is 4.57. The standard InChI is InChI=1S/C27H28Cl2N2O3S2/c1-16(2)12-23-22(27(30)32)13-24(35-23)26(36(3,33)34)19-14-31(15-19)25(17-4-8-20(28)9-5-17)18-6-10-21(29)11-7-18/h4-11,13,16,25H,12,14-15H2,1-3H3,(H2,30,32). The lowest BCUT2D eigenvalue weighted by atomic mass is 9.92. The number of rotatable bonds is 8. The number of halogens is 2. The summed E-state index contributed by atoms with van der Waals surface area (Å²) in [6, 6.07) is 16.9. The quantitative estimate of drug-likeness (QED) is 0.353. The highest BCUT2D eigenvalue weighted by atomic mass is 35.5. The van der Waals surface area contributed by atoms with Crippen LogP contribution in [-0.4, -0.2) is 38.6 Å². The molecule has 0 spiro atoms. The number of likely N-dealkylation sites (tertiary alicyclic amines) is 1. The van der Waals surface area contributed by atoms with E-state index in [2.05, 4.69) is 18.7 Å². The number of thiophene rings is 1. The zero-order chi connectivity index (χ0) is 26.2. The van der Waals surface area contributed by atoms with Crippen molar-refractivity contribution in [2.24, 2.45) is 11.7 Å². The van der Waals surface area contributed by atoms with Crippen LogP contribution in [0.5, 0.6) is 0 Å². The number of nitrogens with zero attached hydrogens (tertiary/aromatic N) is 1. The van der Waals surface area contributed by atoms with Gasteiger partial charge in [-0.3, -0.25) is 9.69 Å². The summed E-state index contributed by atoms with van der Waals surface area (Å²) in [6.45, 7) is 5.05. The topological polar surface area (TPSA) is 80.5 Å². The molecule has 0 saturated carbocycles. The van der Waals surface area contributed by atoms with Crippen molar-refractivity contribution in [3.05, 3.63) is 96.7 Å². The van der Waals surface area contributed by atoms with Crippen molar-refractivity contribution >= 4 is 55.2 Å². The second-order valence-corrected chi connectivity index (χ2v) is 13.5. The molecule has 1 aromatic heterocycles. The SMILES string of the molecule is CC(C)Cc1sc(C(=C2CN(C(c3ccc(Cl)cc3)c3ccc(Cl)cc3)C2)S(C)(=O)=O)cc1C(N)=O. The average molecular weight is 564 g/mol. The predicted octanol–water partition coefficient (Wildman–Crippen LogP) is 6.21. The lowest BCUT2D eigenvalue weighted by molar-refractivity contribution is 0.1000. The third-order valence-corrected chi connectivity index (χ3v) is 9.17. The van der Waals surface area contributed by atoms with E-state index < -0.39 is 15.7 Å². The van der Waals surface area contributed by atoms with E-state index >= 15 is 0 Å². The Bertz CT molecular complexity index is 1360. The molecular weight excluding hydrogens is 535 g/mol. The molecule has 36 heavy (non-hydrogen) atoms. The molecule has 2 aromatic carbocycles. The minimum atomic E-state index is -3.55. The van der Waals surface area contributed by atoms with Gasteiger partial charge in [-0.2, -0.15) is 0 Å². The zero-order valence-corrected chi connectivity index (χ0v) is 23.4. The first-order chi connectivity index (χ1) is 16.9. The van der Waals surface area contributed by atoms with E-state index in [-0.39, 0.29) is 6.04 Å². The third kappa shape index (κ3) is 5.87. The van der Waals surface area contributed by atoms with Crippen LogP contribution in [0.2, 0.25) is 10.0 Å². The van der Waals surface area contributed by atoms with Gasteiger partial charge in [0.2, 0.25) is 5.91 Å². The van der Waals surface area contributed by atoms with Crippen LogP contribution in [0, 0.1) is 5.92 Å². The maximum atomic E-state index is 13.0. The number of primary amides is 1. The van der Waals surface area contributed by atoms with Gasteiger partial charge in [0.1, 0.15) is 0 Å². The van der Waals surface area contributed by atoms with Crippen LogP contribution in [-0.2, 0) is 16.3 Å². The molecule has 1 amide bonds. The number of amides is 1.